The first kappa shape index (κ1) is 15.1. The Morgan fingerprint density at radius 3 is 2.53 bits per heavy atom. The molecule has 0 amide bonds. The molecule has 0 aromatic rings. The van der Waals surface area contributed by atoms with Gasteiger partial charge in [-0.25, -0.2) is 0 Å². The van der Waals surface area contributed by atoms with E-state index in [2.05, 4.69) is 41.2 Å². The Balaban J connectivity index is 2.22. The third-order valence-corrected chi connectivity index (χ3v) is 6.35. The molecule has 0 saturated heterocycles. The lowest BCUT2D eigenvalue weighted by Gasteiger charge is -2.58. The van der Waals surface area contributed by atoms with Crippen LogP contribution in [0.2, 0.25) is 0 Å². The molecule has 2 rings (SSSR count). The molecule has 2 aliphatic rings. The summed E-state index contributed by atoms with van der Waals surface area (Å²) < 4.78 is 0. The highest BCUT2D eigenvalue weighted by molar-refractivity contribution is 5.15. The monoisotopic (exact) mass is 262 g/mol. The average Bonchev–Trinajstić information content (AvgIpc) is 2.26. The zero-order valence-electron chi connectivity index (χ0n) is 13.9. The van der Waals surface area contributed by atoms with E-state index in [4.69, 9.17) is 0 Å². The molecular weight excluding hydrogens is 228 g/mol. The van der Waals surface area contributed by atoms with E-state index in [1.807, 2.05) is 0 Å². The highest BCUT2D eigenvalue weighted by atomic mass is 14.6. The van der Waals surface area contributed by atoms with Crippen molar-refractivity contribution in [2.24, 2.45) is 28.6 Å². The topological polar surface area (TPSA) is 0 Å². The van der Waals surface area contributed by atoms with Crippen LogP contribution in [0.1, 0.15) is 79.6 Å². The molecule has 3 atom stereocenters. The van der Waals surface area contributed by atoms with Crippen molar-refractivity contribution in [1.82, 2.24) is 0 Å². The van der Waals surface area contributed by atoms with Crippen molar-refractivity contribution < 1.29 is 0 Å². The molecule has 0 aliphatic heterocycles. The molecule has 2 fully saturated rings. The lowest BCUT2D eigenvalue weighted by Crippen LogP contribution is -2.49. The van der Waals surface area contributed by atoms with Crippen molar-refractivity contribution >= 4 is 0 Å². The van der Waals surface area contributed by atoms with Gasteiger partial charge in [0.15, 0.2) is 0 Å². The van der Waals surface area contributed by atoms with Crippen molar-refractivity contribution in [1.29, 1.82) is 0 Å². The maximum absolute atomic E-state index is 4.46. The minimum atomic E-state index is 0.534. The van der Waals surface area contributed by atoms with E-state index in [1.54, 1.807) is 5.57 Å². The van der Waals surface area contributed by atoms with Gasteiger partial charge in [0.25, 0.3) is 0 Å². The summed E-state index contributed by atoms with van der Waals surface area (Å²) in [5, 5.41) is 0. The van der Waals surface area contributed by atoms with Crippen LogP contribution < -0.4 is 0 Å². The van der Waals surface area contributed by atoms with E-state index in [-0.39, 0.29) is 0 Å². The maximum Gasteiger partial charge on any atom is -0.0149 e. The van der Waals surface area contributed by atoms with Crippen molar-refractivity contribution in [3.8, 4) is 0 Å². The highest BCUT2D eigenvalue weighted by Crippen LogP contribution is 2.61. The Labute approximate surface area is 121 Å². The second-order valence-corrected chi connectivity index (χ2v) is 8.62. The summed E-state index contributed by atoms with van der Waals surface area (Å²) in [5.74, 6) is 2.53. The summed E-state index contributed by atoms with van der Waals surface area (Å²) in [7, 11) is 0. The molecule has 0 heterocycles. The molecule has 2 aliphatic carbocycles. The summed E-state index contributed by atoms with van der Waals surface area (Å²) >= 11 is 0. The molecule has 0 radical (unpaired) electrons. The summed E-state index contributed by atoms with van der Waals surface area (Å²) in [4.78, 5) is 0. The first-order valence-corrected chi connectivity index (χ1v) is 8.45. The smallest absolute Gasteiger partial charge is 0.0149 e. The lowest BCUT2D eigenvalue weighted by atomic mass is 9.47. The van der Waals surface area contributed by atoms with Gasteiger partial charge in [0.1, 0.15) is 0 Å². The molecular formula is C19H34. The Morgan fingerprint density at radius 1 is 1.21 bits per heavy atom. The van der Waals surface area contributed by atoms with Crippen molar-refractivity contribution in [2.45, 2.75) is 79.6 Å². The van der Waals surface area contributed by atoms with Gasteiger partial charge in [0.05, 0.1) is 0 Å². The molecule has 0 nitrogen and oxygen atoms in total. The van der Waals surface area contributed by atoms with E-state index in [1.165, 1.54) is 44.9 Å². The van der Waals surface area contributed by atoms with E-state index >= 15 is 0 Å². The van der Waals surface area contributed by atoms with E-state index in [0.29, 0.717) is 10.8 Å². The third-order valence-electron chi connectivity index (χ3n) is 6.35. The summed E-state index contributed by atoms with van der Waals surface area (Å²) in [6.07, 6.45) is 9.70. The number of allylic oxidation sites excluding steroid dienone is 1. The quantitative estimate of drug-likeness (QED) is 0.529. The van der Waals surface area contributed by atoms with E-state index < -0.39 is 0 Å². The van der Waals surface area contributed by atoms with Crippen LogP contribution in [-0.2, 0) is 0 Å². The SMILES string of the molecule is C=C1CC[C@H]2C(C)(C)CCC[C@]2(C)[C@H]1CCC(C)C. The van der Waals surface area contributed by atoms with Crippen LogP contribution in [0.15, 0.2) is 12.2 Å². The molecule has 0 N–H and O–H groups in total. The Bertz CT molecular complexity index is 336. The fraction of sp³-hybridized carbons (Fsp3) is 0.895. The fourth-order valence-electron chi connectivity index (χ4n) is 5.31. The van der Waals surface area contributed by atoms with Gasteiger partial charge in [-0.15, -0.1) is 0 Å². The number of hydrogen-bond acceptors (Lipinski definition) is 0. The molecule has 0 unspecified atom stereocenters. The maximum atomic E-state index is 4.46. The van der Waals surface area contributed by atoms with Crippen molar-refractivity contribution in [2.75, 3.05) is 0 Å². The summed E-state index contributed by atoms with van der Waals surface area (Å²) in [6.45, 7) is 16.8. The molecule has 0 bridgehead atoms. The predicted octanol–water partition coefficient (Wildman–Crippen LogP) is 6.22. The minimum absolute atomic E-state index is 0.534. The van der Waals surface area contributed by atoms with Crippen molar-refractivity contribution in [3.05, 3.63) is 12.2 Å². The molecule has 0 aromatic carbocycles. The van der Waals surface area contributed by atoms with Crippen LogP contribution in [-0.4, -0.2) is 0 Å². The highest BCUT2D eigenvalue weighted by Gasteiger charge is 2.52. The second-order valence-electron chi connectivity index (χ2n) is 8.62. The van der Waals surface area contributed by atoms with Gasteiger partial charge in [0.2, 0.25) is 0 Å². The first-order valence-electron chi connectivity index (χ1n) is 8.45. The van der Waals surface area contributed by atoms with E-state index in [9.17, 15) is 0 Å². The minimum Gasteiger partial charge on any atom is -0.0996 e. The molecule has 2 saturated carbocycles. The molecule has 0 aromatic heterocycles. The van der Waals surface area contributed by atoms with Gasteiger partial charge in [-0.3, -0.25) is 0 Å². The van der Waals surface area contributed by atoms with E-state index in [0.717, 1.165) is 17.8 Å². The van der Waals surface area contributed by atoms with Gasteiger partial charge >= 0.3 is 0 Å². The molecule has 0 spiro atoms. The molecule has 0 heteroatoms. The van der Waals surface area contributed by atoms with Gasteiger partial charge in [-0.1, -0.05) is 59.6 Å². The van der Waals surface area contributed by atoms with Crippen LogP contribution in [0.4, 0.5) is 0 Å². The predicted molar refractivity (Wildman–Crippen MR) is 85.2 cm³/mol. The standard InChI is InChI=1S/C19H34/c1-14(2)8-10-16-15(3)9-11-17-18(4,5)12-7-13-19(16,17)6/h14,16-17H,3,7-13H2,1-2,4-6H3/t16-,17-,19+/m0/s1. The Hall–Kier alpha value is -0.260. The lowest BCUT2D eigenvalue weighted by molar-refractivity contribution is -0.0550. The largest absolute Gasteiger partial charge is 0.0996 e. The Morgan fingerprint density at radius 2 is 1.89 bits per heavy atom. The zero-order chi connectivity index (χ0) is 14.3. The van der Waals surface area contributed by atoms with Gasteiger partial charge in [-0.05, 0) is 60.7 Å². The second kappa shape index (κ2) is 5.26. The normalized spacial score (nSPS) is 38.3. The summed E-state index contributed by atoms with van der Waals surface area (Å²) in [6, 6.07) is 0. The number of rotatable bonds is 3. The zero-order valence-corrected chi connectivity index (χ0v) is 13.9. The van der Waals surface area contributed by atoms with Crippen LogP contribution in [0, 0.1) is 28.6 Å². The third kappa shape index (κ3) is 2.78. The van der Waals surface area contributed by atoms with Gasteiger partial charge in [0, 0.05) is 0 Å². The van der Waals surface area contributed by atoms with Crippen LogP contribution >= 0.6 is 0 Å². The molecule has 19 heavy (non-hydrogen) atoms. The molecule has 110 valence electrons. The Kier molecular flexibility index (Phi) is 4.19. The van der Waals surface area contributed by atoms with Gasteiger partial charge < -0.3 is 0 Å². The van der Waals surface area contributed by atoms with Crippen LogP contribution in [0.25, 0.3) is 0 Å². The van der Waals surface area contributed by atoms with Gasteiger partial charge in [-0.2, -0.15) is 0 Å². The first-order chi connectivity index (χ1) is 8.77. The van der Waals surface area contributed by atoms with Crippen molar-refractivity contribution in [3.63, 3.8) is 0 Å². The number of hydrogen-bond donors (Lipinski definition) is 0. The fourth-order valence-corrected chi connectivity index (χ4v) is 5.31. The van der Waals surface area contributed by atoms with Crippen LogP contribution in [0.5, 0.6) is 0 Å². The number of fused-ring (bicyclic) bond motifs is 1. The summed E-state index contributed by atoms with van der Waals surface area (Å²) in [5.41, 5.74) is 2.65. The average molecular weight is 262 g/mol. The van der Waals surface area contributed by atoms with Crippen LogP contribution in [0.3, 0.4) is 0 Å².